The van der Waals surface area contributed by atoms with Gasteiger partial charge in [0.25, 0.3) is 0 Å². The number of aromatic amines is 1. The van der Waals surface area contributed by atoms with Crippen molar-refractivity contribution >= 4 is 0 Å². The molecule has 3 nitrogen and oxygen atoms in total. The van der Waals surface area contributed by atoms with Gasteiger partial charge in [-0.3, -0.25) is 0 Å². The maximum absolute atomic E-state index is 5.67. The summed E-state index contributed by atoms with van der Waals surface area (Å²) < 4.78 is 0. The number of nitrogens with one attached hydrogen (secondary N) is 1. The summed E-state index contributed by atoms with van der Waals surface area (Å²) in [7, 11) is 0. The van der Waals surface area contributed by atoms with Gasteiger partial charge in [-0.25, -0.2) is 4.98 Å². The Morgan fingerprint density at radius 1 is 0.690 bits per heavy atom. The van der Waals surface area contributed by atoms with E-state index in [0.717, 1.165) is 37.3 Å². The molecular formula is C26H27N3. The van der Waals surface area contributed by atoms with Crippen LogP contribution in [-0.4, -0.2) is 16.5 Å². The van der Waals surface area contributed by atoms with E-state index in [2.05, 4.69) is 96.0 Å². The number of unbranched alkanes of at least 4 members (excludes halogenated alkanes) is 1. The summed E-state index contributed by atoms with van der Waals surface area (Å²) in [5, 5.41) is 0. The molecule has 3 aromatic carbocycles. The number of rotatable bonds is 8. The van der Waals surface area contributed by atoms with Crippen molar-refractivity contribution in [3.63, 3.8) is 0 Å². The standard InChI is InChI=1S/C26H27N3/c27-19-11-10-18-24-20-28-25(29-24)26(21-12-4-1-5-13-21,22-14-6-2-7-15-22)23-16-8-3-9-17-23/h1-9,12-17,20H,10-11,18-19,27H2,(H,28,29). The lowest BCUT2D eigenvalue weighted by Crippen LogP contribution is -2.32. The Kier molecular flexibility index (Phi) is 5.87. The average Bonchev–Trinajstić information content (AvgIpc) is 3.26. The summed E-state index contributed by atoms with van der Waals surface area (Å²) in [4.78, 5) is 8.57. The van der Waals surface area contributed by atoms with Crippen molar-refractivity contribution in [2.75, 3.05) is 6.54 Å². The van der Waals surface area contributed by atoms with Crippen molar-refractivity contribution in [3.8, 4) is 0 Å². The van der Waals surface area contributed by atoms with E-state index < -0.39 is 5.41 Å². The molecular weight excluding hydrogens is 354 g/mol. The van der Waals surface area contributed by atoms with Crippen molar-refractivity contribution in [2.24, 2.45) is 5.73 Å². The molecule has 1 heterocycles. The van der Waals surface area contributed by atoms with Crippen LogP contribution in [-0.2, 0) is 11.8 Å². The molecule has 0 atom stereocenters. The molecule has 0 aliphatic carbocycles. The summed E-state index contributed by atoms with van der Waals surface area (Å²) in [6.45, 7) is 0.725. The third-order valence-corrected chi connectivity index (χ3v) is 5.50. The van der Waals surface area contributed by atoms with Gasteiger partial charge in [0.2, 0.25) is 0 Å². The predicted molar refractivity (Wildman–Crippen MR) is 119 cm³/mol. The molecule has 0 saturated heterocycles. The van der Waals surface area contributed by atoms with E-state index in [1.165, 1.54) is 16.7 Å². The van der Waals surface area contributed by atoms with Gasteiger partial charge in [-0.2, -0.15) is 0 Å². The molecule has 29 heavy (non-hydrogen) atoms. The van der Waals surface area contributed by atoms with Gasteiger partial charge in [0, 0.05) is 11.9 Å². The first-order valence-corrected chi connectivity index (χ1v) is 10.3. The van der Waals surface area contributed by atoms with Crippen LogP contribution in [0.15, 0.2) is 97.2 Å². The number of aromatic nitrogens is 2. The maximum Gasteiger partial charge on any atom is 0.125 e. The maximum atomic E-state index is 5.67. The highest BCUT2D eigenvalue weighted by molar-refractivity contribution is 5.56. The lowest BCUT2D eigenvalue weighted by molar-refractivity contribution is 0.683. The number of hydrogen-bond donors (Lipinski definition) is 2. The van der Waals surface area contributed by atoms with E-state index in [0.29, 0.717) is 0 Å². The Hall–Kier alpha value is -3.17. The second kappa shape index (κ2) is 8.89. The van der Waals surface area contributed by atoms with E-state index in [1.807, 2.05) is 6.20 Å². The molecule has 4 rings (SSSR count). The minimum absolute atomic E-state index is 0.504. The van der Waals surface area contributed by atoms with E-state index in [9.17, 15) is 0 Å². The molecule has 146 valence electrons. The van der Waals surface area contributed by atoms with Crippen LogP contribution >= 0.6 is 0 Å². The molecule has 0 unspecified atom stereocenters. The molecule has 3 heteroatoms. The van der Waals surface area contributed by atoms with Crippen LogP contribution in [0.2, 0.25) is 0 Å². The van der Waals surface area contributed by atoms with Gasteiger partial charge in [0.05, 0.1) is 0 Å². The first-order valence-electron chi connectivity index (χ1n) is 10.3. The molecule has 0 aliphatic heterocycles. The number of H-pyrrole nitrogens is 1. The lowest BCUT2D eigenvalue weighted by Gasteiger charge is -2.34. The largest absolute Gasteiger partial charge is 0.345 e. The van der Waals surface area contributed by atoms with Gasteiger partial charge < -0.3 is 10.7 Å². The number of nitrogens with two attached hydrogens (primary N) is 1. The van der Waals surface area contributed by atoms with Gasteiger partial charge in [0.1, 0.15) is 11.2 Å². The van der Waals surface area contributed by atoms with Gasteiger partial charge >= 0.3 is 0 Å². The number of imidazole rings is 1. The minimum atomic E-state index is -0.504. The van der Waals surface area contributed by atoms with Crippen LogP contribution in [0.3, 0.4) is 0 Å². The van der Waals surface area contributed by atoms with E-state index >= 15 is 0 Å². The van der Waals surface area contributed by atoms with Crippen LogP contribution in [0.1, 0.15) is 41.1 Å². The number of benzene rings is 3. The zero-order valence-corrected chi connectivity index (χ0v) is 16.6. The molecule has 0 aliphatic rings. The van der Waals surface area contributed by atoms with Gasteiger partial charge in [-0.1, -0.05) is 91.0 Å². The quantitative estimate of drug-likeness (QED) is 0.330. The number of nitrogens with zero attached hydrogens (tertiary/aromatic N) is 1. The highest BCUT2D eigenvalue weighted by Gasteiger charge is 2.40. The Balaban J connectivity index is 1.94. The lowest BCUT2D eigenvalue weighted by atomic mass is 9.69. The minimum Gasteiger partial charge on any atom is -0.345 e. The van der Waals surface area contributed by atoms with Gasteiger partial charge in [-0.15, -0.1) is 0 Å². The van der Waals surface area contributed by atoms with Crippen molar-refractivity contribution in [3.05, 3.63) is 125 Å². The first-order chi connectivity index (χ1) is 14.4. The monoisotopic (exact) mass is 381 g/mol. The second-order valence-electron chi connectivity index (χ2n) is 7.35. The fraction of sp³-hybridized carbons (Fsp3) is 0.192. The fourth-order valence-electron chi connectivity index (χ4n) is 4.11. The predicted octanol–water partition coefficient (Wildman–Crippen LogP) is 5.07. The highest BCUT2D eigenvalue weighted by atomic mass is 14.9. The van der Waals surface area contributed by atoms with Crippen molar-refractivity contribution in [1.29, 1.82) is 0 Å². The second-order valence-corrected chi connectivity index (χ2v) is 7.35. The van der Waals surface area contributed by atoms with E-state index in [-0.39, 0.29) is 0 Å². The third-order valence-electron chi connectivity index (χ3n) is 5.50. The zero-order valence-electron chi connectivity index (χ0n) is 16.6. The normalized spacial score (nSPS) is 11.5. The zero-order chi connectivity index (χ0) is 19.9. The Bertz CT molecular complexity index is 911. The van der Waals surface area contributed by atoms with Gasteiger partial charge in [0.15, 0.2) is 0 Å². The Labute approximate surface area is 172 Å². The molecule has 4 aromatic rings. The summed E-state index contributed by atoms with van der Waals surface area (Å²) in [5.41, 5.74) is 9.90. The van der Waals surface area contributed by atoms with Crippen molar-refractivity contribution in [1.82, 2.24) is 9.97 Å². The molecule has 0 saturated carbocycles. The number of hydrogen-bond acceptors (Lipinski definition) is 2. The molecule has 0 fully saturated rings. The topological polar surface area (TPSA) is 54.7 Å². The van der Waals surface area contributed by atoms with Crippen LogP contribution in [0.25, 0.3) is 0 Å². The number of aryl methyl sites for hydroxylation is 1. The SMILES string of the molecule is NCCCCc1cnc(C(c2ccccc2)(c2ccccc2)c2ccccc2)[nH]1. The summed E-state index contributed by atoms with van der Waals surface area (Å²) in [6.07, 6.45) is 5.02. The van der Waals surface area contributed by atoms with Crippen LogP contribution in [0.5, 0.6) is 0 Å². The van der Waals surface area contributed by atoms with Crippen molar-refractivity contribution < 1.29 is 0 Å². The van der Waals surface area contributed by atoms with Crippen LogP contribution in [0, 0.1) is 0 Å². The van der Waals surface area contributed by atoms with Crippen LogP contribution < -0.4 is 5.73 Å². The third kappa shape index (κ3) is 3.74. The van der Waals surface area contributed by atoms with E-state index in [4.69, 9.17) is 10.7 Å². The molecule has 3 N–H and O–H groups in total. The Morgan fingerprint density at radius 3 is 1.62 bits per heavy atom. The fourth-order valence-corrected chi connectivity index (χ4v) is 4.11. The molecule has 0 amide bonds. The summed E-state index contributed by atoms with van der Waals surface area (Å²) in [5.74, 6) is 0.948. The molecule has 0 spiro atoms. The van der Waals surface area contributed by atoms with Crippen LogP contribution in [0.4, 0.5) is 0 Å². The molecule has 0 bridgehead atoms. The molecule has 0 radical (unpaired) electrons. The Morgan fingerprint density at radius 2 is 1.17 bits per heavy atom. The average molecular weight is 382 g/mol. The van der Waals surface area contributed by atoms with E-state index in [1.54, 1.807) is 0 Å². The first kappa shape index (κ1) is 19.2. The molecule has 1 aromatic heterocycles. The summed E-state index contributed by atoms with van der Waals surface area (Å²) in [6, 6.07) is 31.9. The van der Waals surface area contributed by atoms with Gasteiger partial charge in [-0.05, 0) is 42.5 Å². The summed E-state index contributed by atoms with van der Waals surface area (Å²) >= 11 is 0. The smallest absolute Gasteiger partial charge is 0.125 e. The van der Waals surface area contributed by atoms with Crippen molar-refractivity contribution in [2.45, 2.75) is 24.7 Å². The highest BCUT2D eigenvalue weighted by Crippen LogP contribution is 2.43.